The molecule has 2 aromatic rings. The van der Waals surface area contributed by atoms with Crippen molar-refractivity contribution in [3.8, 4) is 11.1 Å². The van der Waals surface area contributed by atoms with Crippen molar-refractivity contribution < 1.29 is 15.6 Å². The molecule has 0 amide bonds. The van der Waals surface area contributed by atoms with E-state index >= 15 is 0 Å². The molecule has 2 aromatic carbocycles. The summed E-state index contributed by atoms with van der Waals surface area (Å²) < 4.78 is 5.26. The Morgan fingerprint density at radius 3 is 2.36 bits per heavy atom. The number of benzene rings is 2. The van der Waals surface area contributed by atoms with Crippen molar-refractivity contribution in [1.29, 1.82) is 0 Å². The third-order valence-electron chi connectivity index (χ3n) is 6.18. The summed E-state index contributed by atoms with van der Waals surface area (Å²) >= 11 is -4.34. The molecule has 0 aromatic heterocycles. The first kappa shape index (κ1) is 18.4. The van der Waals surface area contributed by atoms with Crippen LogP contribution in [-0.4, -0.2) is 12.0 Å². The van der Waals surface area contributed by atoms with E-state index in [1.807, 2.05) is 0 Å². The first-order valence-electron chi connectivity index (χ1n) is 9.45. The molecule has 0 bridgehead atoms. The van der Waals surface area contributed by atoms with Gasteiger partial charge in [0.1, 0.15) is 0 Å². The minimum absolute atomic E-state index is 0.514. The molecule has 1 fully saturated rings. The van der Waals surface area contributed by atoms with Gasteiger partial charge in [-0.3, -0.25) is 0 Å². The van der Waals surface area contributed by atoms with E-state index in [2.05, 4.69) is 58.9 Å². The Morgan fingerprint density at radius 1 is 0.960 bits per heavy atom. The van der Waals surface area contributed by atoms with Gasteiger partial charge in [-0.15, -0.1) is 0 Å². The van der Waals surface area contributed by atoms with E-state index in [-0.39, 0.29) is 0 Å². The van der Waals surface area contributed by atoms with Crippen molar-refractivity contribution >= 4 is 26.5 Å². The fourth-order valence-corrected chi connectivity index (χ4v) is 33.9. The Kier molecular flexibility index (Phi) is 4.86. The van der Waals surface area contributed by atoms with Crippen LogP contribution in [0.25, 0.3) is 11.1 Å². The van der Waals surface area contributed by atoms with Gasteiger partial charge in [0, 0.05) is 0 Å². The summed E-state index contributed by atoms with van der Waals surface area (Å²) in [5.41, 5.74) is 5.51. The fourth-order valence-electron chi connectivity index (χ4n) is 4.59. The molecule has 5 heteroatoms. The molecule has 0 aliphatic heterocycles. The van der Waals surface area contributed by atoms with E-state index in [4.69, 9.17) is 17.2 Å². The quantitative estimate of drug-likeness (QED) is 0.429. The minimum atomic E-state index is -4.34. The van der Waals surface area contributed by atoms with Gasteiger partial charge in [0.15, 0.2) is 0 Å². The Labute approximate surface area is 160 Å². The summed E-state index contributed by atoms with van der Waals surface area (Å²) in [7, 11) is 15.2. The summed E-state index contributed by atoms with van der Waals surface area (Å²) in [4.78, 5) is 0. The number of nitrogens with one attached hydrogen (secondary N) is 1. The van der Waals surface area contributed by atoms with Crippen molar-refractivity contribution in [3.05, 3.63) is 53.6 Å². The Balaban J connectivity index is 1.85. The van der Waals surface area contributed by atoms with Crippen LogP contribution in [0.2, 0.25) is 13.1 Å². The van der Waals surface area contributed by atoms with Crippen LogP contribution in [-0.2, 0) is 22.0 Å². The third-order valence-corrected chi connectivity index (χ3v) is 69.1. The second kappa shape index (κ2) is 6.59. The van der Waals surface area contributed by atoms with Crippen LogP contribution in [0.4, 0.5) is 0 Å². The van der Waals surface area contributed by atoms with Gasteiger partial charge in [-0.25, -0.2) is 0 Å². The van der Waals surface area contributed by atoms with Gasteiger partial charge in [-0.1, -0.05) is 0 Å². The number of hydrogen-bond donors (Lipinski definition) is 1. The summed E-state index contributed by atoms with van der Waals surface area (Å²) in [6, 6.07) is 15.9. The molecule has 0 heterocycles. The summed E-state index contributed by atoms with van der Waals surface area (Å²) in [6.45, 7) is 4.69. The zero-order valence-corrected chi connectivity index (χ0v) is 21.2. The molecule has 0 atom stereocenters. The number of rotatable bonds is 4. The monoisotopic (exact) mass is 558 g/mol. The second-order valence-corrected chi connectivity index (χ2v) is 63.4. The van der Waals surface area contributed by atoms with Crippen molar-refractivity contribution in [1.82, 2.24) is 3.30 Å². The average molecular weight is 558 g/mol. The van der Waals surface area contributed by atoms with Crippen LogP contribution in [0.5, 0.6) is 0 Å². The topological polar surface area (TPSA) is 12.0 Å². The van der Waals surface area contributed by atoms with Gasteiger partial charge in [-0.2, -0.15) is 0 Å². The average Bonchev–Trinajstić information content (AvgIpc) is 3.21. The van der Waals surface area contributed by atoms with Crippen molar-refractivity contribution in [2.45, 2.75) is 51.2 Å². The zero-order chi connectivity index (χ0) is 17.7. The van der Waals surface area contributed by atoms with Crippen molar-refractivity contribution in [2.24, 2.45) is 0 Å². The second-order valence-electron chi connectivity index (χ2n) is 8.03. The van der Waals surface area contributed by atoms with Crippen LogP contribution in [0.15, 0.2) is 42.5 Å². The van der Waals surface area contributed by atoms with E-state index in [1.165, 1.54) is 51.3 Å². The first-order valence-corrected chi connectivity index (χ1v) is 31.1. The maximum absolute atomic E-state index is 7.60. The molecule has 4 rings (SSSR count). The third kappa shape index (κ3) is 3.04. The Hall–Kier alpha value is 0.0670. The molecule has 2 aliphatic rings. The Bertz CT molecular complexity index is 815. The van der Waals surface area contributed by atoms with Crippen molar-refractivity contribution in [3.63, 3.8) is 0 Å². The summed E-state index contributed by atoms with van der Waals surface area (Å²) in [5.74, 6) is -1.29. The number of fused-ring (bicyclic) bond motifs is 3. The SMILES string of the molecule is C[SiH](C)[Hf]([Cl])([Cl])([NH]C1CCCC1)[c]1cccc2c1Cc1ccccc1-2. The molecule has 1 N–H and O–H groups in total. The number of hydrogen-bond acceptors (Lipinski definition) is 1. The summed E-state index contributed by atoms with van der Waals surface area (Å²) in [5, 5.41) is 0. The van der Waals surface area contributed by atoms with Gasteiger partial charge < -0.3 is 0 Å². The van der Waals surface area contributed by atoms with E-state index in [0.717, 1.165) is 6.42 Å². The van der Waals surface area contributed by atoms with Crippen LogP contribution in [0.1, 0.15) is 36.8 Å². The molecule has 0 radical (unpaired) electrons. The maximum atomic E-state index is 7.60. The van der Waals surface area contributed by atoms with Gasteiger partial charge in [0.05, 0.1) is 0 Å². The predicted octanol–water partition coefficient (Wildman–Crippen LogP) is 5.31. The molecule has 1 saturated carbocycles. The molecule has 133 valence electrons. The molecule has 2 aliphatic carbocycles. The van der Waals surface area contributed by atoms with Gasteiger partial charge in [0.2, 0.25) is 0 Å². The zero-order valence-electron chi connectivity index (χ0n) is 15.0. The van der Waals surface area contributed by atoms with E-state index in [9.17, 15) is 0 Å². The first-order chi connectivity index (χ1) is 11.9. The fraction of sp³-hybridized carbons (Fsp3) is 0.400. The van der Waals surface area contributed by atoms with Gasteiger partial charge >= 0.3 is 161 Å². The van der Waals surface area contributed by atoms with Crippen LogP contribution in [0, 0.1) is 0 Å². The predicted molar refractivity (Wildman–Crippen MR) is 110 cm³/mol. The summed E-state index contributed by atoms with van der Waals surface area (Å²) in [6.07, 6.45) is 6.03. The molecule has 0 saturated heterocycles. The van der Waals surface area contributed by atoms with Crippen LogP contribution >= 0.6 is 17.2 Å². The van der Waals surface area contributed by atoms with E-state index in [1.54, 1.807) is 0 Å². The normalized spacial score (nSPS) is 18.8. The molecular weight excluding hydrogens is 532 g/mol. The van der Waals surface area contributed by atoms with E-state index in [0.29, 0.717) is 6.04 Å². The van der Waals surface area contributed by atoms with Gasteiger partial charge in [-0.05, 0) is 0 Å². The van der Waals surface area contributed by atoms with Crippen molar-refractivity contribution in [2.75, 3.05) is 0 Å². The van der Waals surface area contributed by atoms with Crippen LogP contribution in [0.3, 0.4) is 0 Å². The van der Waals surface area contributed by atoms with Gasteiger partial charge in [0.25, 0.3) is 0 Å². The van der Waals surface area contributed by atoms with E-state index < -0.39 is 21.6 Å². The van der Waals surface area contributed by atoms with Crippen LogP contribution < -0.4 is 6.62 Å². The number of halogens is 2. The molecule has 0 unspecified atom stereocenters. The molecule has 1 nitrogen and oxygen atoms in total. The Morgan fingerprint density at radius 2 is 1.64 bits per heavy atom. The molecule has 0 spiro atoms. The molecule has 25 heavy (non-hydrogen) atoms. The molecular formula is C20H26Cl2HfNSi. The standard InChI is InChI=1S/C13H9.C5H10N.C2H7Si.2ClH.Hf/c1-3-7-12-10(5-1)9-11-6-2-4-8-13(11)12;6-5-3-1-2-4-5;1-3-2;;;/h1-5,7-8H,9H2;5-6H,1-4H2;3H,1-2H3;2*1H;/q;-1;;;;+3/p-2.